The van der Waals surface area contributed by atoms with E-state index >= 15 is 0 Å². The second kappa shape index (κ2) is 3.31. The molecule has 2 aliphatic carbocycles. The van der Waals surface area contributed by atoms with Gasteiger partial charge in [-0.3, -0.25) is 9.59 Å². The lowest BCUT2D eigenvalue weighted by molar-refractivity contribution is -0.153. The van der Waals surface area contributed by atoms with Gasteiger partial charge in [0.1, 0.15) is 0 Å². The minimum atomic E-state index is -0.947. The van der Waals surface area contributed by atoms with Gasteiger partial charge in [-0.15, -0.1) is 0 Å². The number of rotatable bonds is 2. The van der Waals surface area contributed by atoms with Crippen molar-refractivity contribution in [1.82, 2.24) is 0 Å². The highest BCUT2D eigenvalue weighted by molar-refractivity contribution is 9.10. The summed E-state index contributed by atoms with van der Waals surface area (Å²) in [7, 11) is 0. The second-order valence-corrected chi connectivity index (χ2v) is 6.82. The number of carbonyl (C=O) groups is 2. The Balaban J connectivity index is 2.67. The van der Waals surface area contributed by atoms with Crippen molar-refractivity contribution >= 4 is 43.6 Å². The van der Waals surface area contributed by atoms with Crippen LogP contribution in [0.2, 0.25) is 0 Å². The summed E-state index contributed by atoms with van der Waals surface area (Å²) in [4.78, 5) is 23.4. The van der Waals surface area contributed by atoms with Crippen molar-refractivity contribution in [2.45, 2.75) is 31.5 Å². The zero-order valence-corrected chi connectivity index (χ0v) is 12.4. The number of hydrogen-bond donors (Lipinski definition) is 1. The van der Waals surface area contributed by atoms with Crippen LogP contribution < -0.4 is 0 Å². The van der Waals surface area contributed by atoms with E-state index in [-0.39, 0.29) is 5.78 Å². The summed E-state index contributed by atoms with van der Waals surface area (Å²) in [5.74, 6) is -0.809. The van der Waals surface area contributed by atoms with E-state index in [4.69, 9.17) is 0 Å². The van der Waals surface area contributed by atoms with E-state index in [0.29, 0.717) is 18.2 Å². The van der Waals surface area contributed by atoms with Crippen LogP contribution in [0.5, 0.6) is 0 Å². The van der Waals surface area contributed by atoms with E-state index in [1.807, 2.05) is 13.8 Å². The molecule has 0 aromatic rings. The maximum atomic E-state index is 12.3. The van der Waals surface area contributed by atoms with Gasteiger partial charge in [-0.05, 0) is 18.3 Å². The van der Waals surface area contributed by atoms with Gasteiger partial charge in [0.25, 0.3) is 0 Å². The van der Waals surface area contributed by atoms with Crippen LogP contribution in [-0.2, 0) is 9.59 Å². The summed E-state index contributed by atoms with van der Waals surface area (Å²) in [6, 6.07) is 0. The number of Topliss-reactive ketones (excluding diaryl/α,β-unsaturated/α-hetero) is 1. The molecule has 2 aliphatic rings. The molecule has 3 nitrogen and oxygen atoms in total. The monoisotopic (exact) mass is 352 g/mol. The molecule has 0 saturated heterocycles. The van der Waals surface area contributed by atoms with Crippen LogP contribution in [0.1, 0.15) is 26.7 Å². The molecule has 0 aromatic carbocycles. The van der Waals surface area contributed by atoms with E-state index in [9.17, 15) is 14.7 Å². The van der Waals surface area contributed by atoms with Gasteiger partial charge in [0, 0.05) is 10.7 Å². The lowest BCUT2D eigenvalue weighted by Crippen LogP contribution is -2.45. The third-order valence-electron chi connectivity index (χ3n) is 5.00. The molecule has 2 bridgehead atoms. The van der Waals surface area contributed by atoms with Gasteiger partial charge in [0.15, 0.2) is 5.78 Å². The highest BCUT2D eigenvalue weighted by Gasteiger charge is 2.78. The lowest BCUT2D eigenvalue weighted by Gasteiger charge is -2.38. The van der Waals surface area contributed by atoms with E-state index in [2.05, 4.69) is 31.9 Å². The molecular formula is C11H14Br2O3. The van der Waals surface area contributed by atoms with Crippen LogP contribution in [0.3, 0.4) is 0 Å². The standard InChI is InChI=1S/C11H14Br2O3/c1-9(2)10(5-12)3-4-11(9,8(15)16)6(13)7(10)14/h6H,3-5H2,1-2H3,(H,15,16)/t6-,10+,11-/m0/s1. The molecule has 5 heteroatoms. The molecule has 0 heterocycles. The number of alkyl halides is 2. The quantitative estimate of drug-likeness (QED) is 0.776. The van der Waals surface area contributed by atoms with Gasteiger partial charge in [0.2, 0.25) is 0 Å². The number of ketones is 1. The van der Waals surface area contributed by atoms with Crippen molar-refractivity contribution < 1.29 is 14.7 Å². The van der Waals surface area contributed by atoms with Gasteiger partial charge >= 0.3 is 5.97 Å². The largest absolute Gasteiger partial charge is 0.481 e. The first-order valence-electron chi connectivity index (χ1n) is 5.26. The van der Waals surface area contributed by atoms with Crippen LogP contribution in [-0.4, -0.2) is 27.0 Å². The summed E-state index contributed by atoms with van der Waals surface area (Å²) >= 11 is 6.72. The fraction of sp³-hybridized carbons (Fsp3) is 0.818. The zero-order chi connectivity index (χ0) is 12.4. The predicted molar refractivity (Wildman–Crippen MR) is 67.0 cm³/mol. The number of fused-ring (bicyclic) bond motifs is 2. The van der Waals surface area contributed by atoms with Gasteiger partial charge < -0.3 is 5.11 Å². The molecule has 0 radical (unpaired) electrons. The molecule has 0 aromatic heterocycles. The number of carboxylic acids is 1. The molecule has 16 heavy (non-hydrogen) atoms. The molecule has 2 fully saturated rings. The molecule has 0 spiro atoms. The average molecular weight is 354 g/mol. The Hall–Kier alpha value is 0.1000. The molecule has 0 aliphatic heterocycles. The molecule has 2 rings (SSSR count). The molecule has 2 saturated carbocycles. The number of carboxylic acid groups (broad SMARTS) is 1. The van der Waals surface area contributed by atoms with Gasteiger partial charge in [0.05, 0.1) is 10.2 Å². The second-order valence-electron chi connectivity index (χ2n) is 5.34. The highest BCUT2D eigenvalue weighted by Crippen LogP contribution is 2.72. The molecular weight excluding hydrogens is 340 g/mol. The predicted octanol–water partition coefficient (Wildman–Crippen LogP) is 2.60. The Bertz CT molecular complexity index is 379. The maximum Gasteiger partial charge on any atom is 0.311 e. The van der Waals surface area contributed by atoms with Crippen molar-refractivity contribution in [3.05, 3.63) is 0 Å². The summed E-state index contributed by atoms with van der Waals surface area (Å²) in [5.41, 5.74) is -1.99. The topological polar surface area (TPSA) is 54.4 Å². The number of hydrogen-bond acceptors (Lipinski definition) is 2. The highest BCUT2D eigenvalue weighted by atomic mass is 79.9. The van der Waals surface area contributed by atoms with Crippen molar-refractivity contribution in [3.63, 3.8) is 0 Å². The fourth-order valence-corrected chi connectivity index (χ4v) is 6.28. The minimum absolute atomic E-state index is 0.0445. The first kappa shape index (κ1) is 12.6. The Kier molecular flexibility index (Phi) is 2.60. The zero-order valence-electron chi connectivity index (χ0n) is 9.22. The number of halogens is 2. The molecule has 1 N–H and O–H groups in total. The normalized spacial score (nSPS) is 45.0. The summed E-state index contributed by atoms with van der Waals surface area (Å²) in [6.07, 6.45) is 1.24. The minimum Gasteiger partial charge on any atom is -0.481 e. The van der Waals surface area contributed by atoms with Crippen molar-refractivity contribution in [2.75, 3.05) is 5.33 Å². The molecule has 3 atom stereocenters. The fourth-order valence-electron chi connectivity index (χ4n) is 3.59. The van der Waals surface area contributed by atoms with Gasteiger partial charge in [-0.25, -0.2) is 0 Å². The van der Waals surface area contributed by atoms with Crippen LogP contribution >= 0.6 is 31.9 Å². The van der Waals surface area contributed by atoms with E-state index < -0.39 is 27.0 Å². The summed E-state index contributed by atoms with van der Waals surface area (Å²) in [5, 5.41) is 10.1. The number of carbonyl (C=O) groups excluding carboxylic acids is 1. The van der Waals surface area contributed by atoms with Crippen LogP contribution in [0, 0.1) is 16.2 Å². The molecule has 90 valence electrons. The SMILES string of the molecule is CC1(C)[C@@]2(CBr)CC[C@@]1(C(=O)O)[C@@H](Br)C2=O. The Morgan fingerprint density at radius 1 is 1.50 bits per heavy atom. The molecule has 0 unspecified atom stereocenters. The van der Waals surface area contributed by atoms with E-state index in [1.165, 1.54) is 0 Å². The molecule has 0 amide bonds. The first-order valence-corrected chi connectivity index (χ1v) is 7.29. The van der Waals surface area contributed by atoms with E-state index in [1.54, 1.807) is 0 Å². The lowest BCUT2D eigenvalue weighted by atomic mass is 9.65. The summed E-state index contributed by atoms with van der Waals surface area (Å²) in [6.45, 7) is 3.82. The van der Waals surface area contributed by atoms with Gasteiger partial charge in [-0.2, -0.15) is 0 Å². The average Bonchev–Trinajstić information content (AvgIpc) is 2.51. The van der Waals surface area contributed by atoms with Crippen molar-refractivity contribution in [2.24, 2.45) is 16.2 Å². The summed E-state index contributed by atoms with van der Waals surface area (Å²) < 4.78 is 0. The van der Waals surface area contributed by atoms with E-state index in [0.717, 1.165) is 0 Å². The third-order valence-corrected chi connectivity index (χ3v) is 7.16. The van der Waals surface area contributed by atoms with Crippen molar-refractivity contribution in [3.8, 4) is 0 Å². The van der Waals surface area contributed by atoms with Gasteiger partial charge in [-0.1, -0.05) is 45.7 Å². The van der Waals surface area contributed by atoms with Crippen LogP contribution in [0.15, 0.2) is 0 Å². The number of aliphatic carboxylic acids is 1. The smallest absolute Gasteiger partial charge is 0.311 e. The Morgan fingerprint density at radius 2 is 2.06 bits per heavy atom. The van der Waals surface area contributed by atoms with Crippen molar-refractivity contribution in [1.29, 1.82) is 0 Å². The first-order chi connectivity index (χ1) is 7.28. The maximum absolute atomic E-state index is 12.3. The third kappa shape index (κ3) is 0.964. The van der Waals surface area contributed by atoms with Crippen LogP contribution in [0.4, 0.5) is 0 Å². The Morgan fingerprint density at radius 3 is 2.38 bits per heavy atom. The Labute approximate surface area is 111 Å². The van der Waals surface area contributed by atoms with Crippen LogP contribution in [0.25, 0.3) is 0 Å².